The van der Waals surface area contributed by atoms with E-state index < -0.39 is 29.4 Å². The Hall–Kier alpha value is -1.24. The first kappa shape index (κ1) is 12.8. The molecule has 1 aromatic rings. The van der Waals surface area contributed by atoms with Crippen LogP contribution in [0.5, 0.6) is 0 Å². The third-order valence-corrected chi connectivity index (χ3v) is 2.17. The van der Waals surface area contributed by atoms with Crippen LogP contribution in [0.2, 0.25) is 0 Å². The Morgan fingerprint density at radius 2 is 1.81 bits per heavy atom. The van der Waals surface area contributed by atoms with Gasteiger partial charge in [0.05, 0.1) is 11.7 Å². The number of nitrogens with one attached hydrogen (secondary N) is 1. The van der Waals surface area contributed by atoms with Crippen molar-refractivity contribution in [3.8, 4) is 0 Å². The van der Waals surface area contributed by atoms with E-state index in [9.17, 15) is 19.0 Å². The molecule has 0 saturated heterocycles. The number of nitrogens with two attached hydrogens (primary N) is 1. The summed E-state index contributed by atoms with van der Waals surface area (Å²) in [5, 5.41) is 21.6. The van der Waals surface area contributed by atoms with Gasteiger partial charge in [-0.1, -0.05) is 0 Å². The lowest BCUT2D eigenvalue weighted by Crippen LogP contribution is -2.30. The molecular weight excluding hydrogens is 218 g/mol. The summed E-state index contributed by atoms with van der Waals surface area (Å²) in [6.45, 7) is 0.0183. The van der Waals surface area contributed by atoms with E-state index in [1.807, 2.05) is 0 Å². The Kier molecular flexibility index (Phi) is 4.17. The summed E-state index contributed by atoms with van der Waals surface area (Å²) < 4.78 is 26.7. The van der Waals surface area contributed by atoms with E-state index in [0.29, 0.717) is 0 Å². The van der Waals surface area contributed by atoms with Crippen LogP contribution >= 0.6 is 0 Å². The minimum Gasteiger partial charge on any atom is -0.399 e. The van der Waals surface area contributed by atoms with Crippen LogP contribution in [0.1, 0.15) is 11.7 Å². The predicted octanol–water partition coefficient (Wildman–Crippen LogP) is 0.161. The van der Waals surface area contributed by atoms with Gasteiger partial charge in [0.15, 0.2) is 0 Å². The molecule has 1 rings (SSSR count). The van der Waals surface area contributed by atoms with Crippen LogP contribution in [0.4, 0.5) is 14.5 Å². The van der Waals surface area contributed by atoms with Crippen molar-refractivity contribution in [2.75, 3.05) is 19.3 Å². The Labute approximate surface area is 91.7 Å². The largest absolute Gasteiger partial charge is 0.399 e. The van der Waals surface area contributed by atoms with Crippen molar-refractivity contribution in [3.05, 3.63) is 29.3 Å². The highest BCUT2D eigenvalue weighted by Gasteiger charge is 2.24. The monoisotopic (exact) mass is 232 g/mol. The Bertz CT molecular complexity index is 351. The van der Waals surface area contributed by atoms with Crippen molar-refractivity contribution < 1.29 is 19.0 Å². The Morgan fingerprint density at radius 3 is 2.25 bits per heavy atom. The molecule has 4 nitrogen and oxygen atoms in total. The highest BCUT2D eigenvalue weighted by atomic mass is 19.1. The molecule has 5 N–H and O–H groups in total. The molecule has 2 atom stereocenters. The van der Waals surface area contributed by atoms with Crippen LogP contribution in [0.15, 0.2) is 12.1 Å². The van der Waals surface area contributed by atoms with Crippen LogP contribution in [0.25, 0.3) is 0 Å². The van der Waals surface area contributed by atoms with Crippen molar-refractivity contribution >= 4 is 5.69 Å². The molecule has 6 heteroatoms. The summed E-state index contributed by atoms with van der Waals surface area (Å²) in [6.07, 6.45) is -2.93. The Balaban J connectivity index is 3.03. The van der Waals surface area contributed by atoms with Gasteiger partial charge in [0.25, 0.3) is 0 Å². The molecule has 0 aliphatic carbocycles. The molecule has 0 heterocycles. The molecule has 16 heavy (non-hydrogen) atoms. The number of anilines is 1. The van der Waals surface area contributed by atoms with Gasteiger partial charge in [0, 0.05) is 12.2 Å². The molecule has 0 bridgehead atoms. The lowest BCUT2D eigenvalue weighted by molar-refractivity contribution is 0.0159. The summed E-state index contributed by atoms with van der Waals surface area (Å²) in [4.78, 5) is 0. The second-order valence-corrected chi connectivity index (χ2v) is 3.47. The fourth-order valence-electron chi connectivity index (χ4n) is 1.40. The highest BCUT2D eigenvalue weighted by Crippen LogP contribution is 2.25. The normalized spacial score (nSPS) is 14.8. The zero-order valence-corrected chi connectivity index (χ0v) is 8.74. The minimum absolute atomic E-state index is 0.0183. The van der Waals surface area contributed by atoms with Gasteiger partial charge in [-0.25, -0.2) is 8.78 Å². The maximum atomic E-state index is 13.4. The first-order chi connectivity index (χ1) is 7.47. The van der Waals surface area contributed by atoms with Crippen LogP contribution in [-0.2, 0) is 0 Å². The number of aliphatic hydroxyl groups excluding tert-OH is 2. The second-order valence-electron chi connectivity index (χ2n) is 3.47. The number of halogens is 2. The van der Waals surface area contributed by atoms with E-state index in [1.165, 1.54) is 0 Å². The molecule has 0 amide bonds. The van der Waals surface area contributed by atoms with E-state index >= 15 is 0 Å². The number of hydrogen-bond acceptors (Lipinski definition) is 4. The first-order valence-electron chi connectivity index (χ1n) is 4.72. The molecule has 2 unspecified atom stereocenters. The average Bonchev–Trinajstić information content (AvgIpc) is 2.16. The summed E-state index contributed by atoms with van der Waals surface area (Å²) >= 11 is 0. The third-order valence-electron chi connectivity index (χ3n) is 2.17. The molecule has 0 aliphatic rings. The maximum Gasteiger partial charge on any atom is 0.134 e. The van der Waals surface area contributed by atoms with Gasteiger partial charge in [-0.2, -0.15) is 0 Å². The first-order valence-corrected chi connectivity index (χ1v) is 4.72. The third kappa shape index (κ3) is 2.66. The standard InChI is InChI=1S/C10H14F2N2O2/c1-14-4-8(15)10(16)9-6(11)2-5(13)3-7(9)12/h2-3,8,10,14-16H,4,13H2,1H3. The molecule has 0 fully saturated rings. The van der Waals surface area contributed by atoms with Gasteiger partial charge in [-0.05, 0) is 19.2 Å². The van der Waals surface area contributed by atoms with Crippen molar-refractivity contribution in [2.45, 2.75) is 12.2 Å². The SMILES string of the molecule is CNCC(O)C(O)c1c(F)cc(N)cc1F. The van der Waals surface area contributed by atoms with Crippen molar-refractivity contribution in [1.82, 2.24) is 5.32 Å². The van der Waals surface area contributed by atoms with E-state index in [-0.39, 0.29) is 12.2 Å². The second kappa shape index (κ2) is 5.20. The molecule has 0 spiro atoms. The number of aliphatic hydroxyl groups is 2. The van der Waals surface area contributed by atoms with Crippen LogP contribution in [0, 0.1) is 11.6 Å². The van der Waals surface area contributed by atoms with Crippen LogP contribution < -0.4 is 11.1 Å². The summed E-state index contributed by atoms with van der Waals surface area (Å²) in [5.41, 5.74) is 4.58. The lowest BCUT2D eigenvalue weighted by atomic mass is 10.0. The zero-order chi connectivity index (χ0) is 12.3. The summed E-state index contributed by atoms with van der Waals surface area (Å²) in [7, 11) is 1.55. The number of likely N-dealkylation sites (N-methyl/N-ethyl adjacent to an activating group) is 1. The van der Waals surface area contributed by atoms with Gasteiger partial charge in [-0.3, -0.25) is 0 Å². The summed E-state index contributed by atoms with van der Waals surface area (Å²) in [6, 6.07) is 1.79. The topological polar surface area (TPSA) is 78.5 Å². The number of rotatable bonds is 4. The molecular formula is C10H14F2N2O2. The Morgan fingerprint density at radius 1 is 1.31 bits per heavy atom. The molecule has 0 radical (unpaired) electrons. The molecule has 90 valence electrons. The van der Waals surface area contributed by atoms with Gasteiger partial charge in [-0.15, -0.1) is 0 Å². The fraction of sp³-hybridized carbons (Fsp3) is 0.400. The zero-order valence-electron chi connectivity index (χ0n) is 8.74. The van der Waals surface area contributed by atoms with Gasteiger partial charge < -0.3 is 21.3 Å². The van der Waals surface area contributed by atoms with Crippen molar-refractivity contribution in [2.24, 2.45) is 0 Å². The van der Waals surface area contributed by atoms with E-state index in [0.717, 1.165) is 12.1 Å². The van der Waals surface area contributed by atoms with Gasteiger partial charge in [0.2, 0.25) is 0 Å². The van der Waals surface area contributed by atoms with Crippen LogP contribution in [-0.4, -0.2) is 29.9 Å². The number of hydrogen-bond donors (Lipinski definition) is 4. The number of nitrogen functional groups attached to an aromatic ring is 1. The quantitative estimate of drug-likeness (QED) is 0.558. The van der Waals surface area contributed by atoms with Crippen molar-refractivity contribution in [3.63, 3.8) is 0 Å². The van der Waals surface area contributed by atoms with Gasteiger partial charge in [0.1, 0.15) is 17.7 Å². The molecule has 0 aromatic heterocycles. The molecule has 0 aliphatic heterocycles. The smallest absolute Gasteiger partial charge is 0.134 e. The summed E-state index contributed by atoms with van der Waals surface area (Å²) in [5.74, 6) is -1.94. The average molecular weight is 232 g/mol. The lowest BCUT2D eigenvalue weighted by Gasteiger charge is -2.19. The van der Waals surface area contributed by atoms with Crippen LogP contribution in [0.3, 0.4) is 0 Å². The predicted molar refractivity (Wildman–Crippen MR) is 55.7 cm³/mol. The maximum absolute atomic E-state index is 13.4. The molecule has 1 aromatic carbocycles. The van der Waals surface area contributed by atoms with E-state index in [4.69, 9.17) is 5.73 Å². The molecule has 0 saturated carbocycles. The highest BCUT2D eigenvalue weighted by molar-refractivity contribution is 5.42. The number of benzene rings is 1. The van der Waals surface area contributed by atoms with Gasteiger partial charge >= 0.3 is 0 Å². The van der Waals surface area contributed by atoms with Crippen molar-refractivity contribution in [1.29, 1.82) is 0 Å². The van der Waals surface area contributed by atoms with E-state index in [2.05, 4.69) is 5.32 Å². The van der Waals surface area contributed by atoms with E-state index in [1.54, 1.807) is 7.05 Å². The fourth-order valence-corrected chi connectivity index (χ4v) is 1.40. The minimum atomic E-state index is -1.63.